The smallest absolute Gasteiger partial charge is 0.0664 e. The van der Waals surface area contributed by atoms with Gasteiger partial charge in [0, 0.05) is 11.8 Å². The number of rotatable bonds is 6. The lowest BCUT2D eigenvalue weighted by Crippen LogP contribution is -2.25. The summed E-state index contributed by atoms with van der Waals surface area (Å²) in [5.41, 5.74) is 0. The Morgan fingerprint density at radius 1 is 1.08 bits per heavy atom. The second-order valence-electron chi connectivity index (χ2n) is 3.11. The van der Waals surface area contributed by atoms with Gasteiger partial charge in [-0.1, -0.05) is 26.0 Å². The molecule has 0 aliphatic rings. The standard InChI is InChI=1S/C11H20O/c1-5-9(6-2)11(12)10(7-3)8-4/h5,7,9-12H,1,3,6,8H2,2,4H3. The van der Waals surface area contributed by atoms with Crippen LogP contribution in [-0.2, 0) is 0 Å². The van der Waals surface area contributed by atoms with Crippen molar-refractivity contribution in [3.8, 4) is 0 Å². The molecule has 0 aromatic carbocycles. The van der Waals surface area contributed by atoms with Gasteiger partial charge < -0.3 is 5.11 Å². The highest BCUT2D eigenvalue weighted by molar-refractivity contribution is 4.92. The van der Waals surface area contributed by atoms with Gasteiger partial charge in [-0.05, 0) is 12.8 Å². The van der Waals surface area contributed by atoms with Gasteiger partial charge in [0.05, 0.1) is 6.10 Å². The minimum absolute atomic E-state index is 0.202. The minimum atomic E-state index is -0.310. The van der Waals surface area contributed by atoms with E-state index in [4.69, 9.17) is 0 Å². The van der Waals surface area contributed by atoms with Crippen LogP contribution >= 0.6 is 0 Å². The van der Waals surface area contributed by atoms with Crippen LogP contribution in [0.5, 0.6) is 0 Å². The third-order valence-corrected chi connectivity index (χ3v) is 2.43. The van der Waals surface area contributed by atoms with E-state index in [0.29, 0.717) is 0 Å². The van der Waals surface area contributed by atoms with Crippen molar-refractivity contribution < 1.29 is 5.11 Å². The molecular formula is C11H20O. The molecule has 0 radical (unpaired) electrons. The van der Waals surface area contributed by atoms with Gasteiger partial charge in [0.25, 0.3) is 0 Å². The van der Waals surface area contributed by atoms with Crippen LogP contribution in [0.2, 0.25) is 0 Å². The topological polar surface area (TPSA) is 20.2 Å². The predicted octanol–water partition coefficient (Wildman–Crippen LogP) is 2.77. The van der Waals surface area contributed by atoms with Gasteiger partial charge in [0.1, 0.15) is 0 Å². The summed E-state index contributed by atoms with van der Waals surface area (Å²) in [6, 6.07) is 0. The summed E-state index contributed by atoms with van der Waals surface area (Å²) in [5, 5.41) is 9.83. The average molecular weight is 168 g/mol. The van der Waals surface area contributed by atoms with E-state index in [1.807, 2.05) is 12.2 Å². The molecule has 0 saturated carbocycles. The van der Waals surface area contributed by atoms with Crippen molar-refractivity contribution in [2.24, 2.45) is 11.8 Å². The lowest BCUT2D eigenvalue weighted by Gasteiger charge is -2.23. The molecule has 1 N–H and O–H groups in total. The van der Waals surface area contributed by atoms with E-state index in [1.54, 1.807) is 0 Å². The summed E-state index contributed by atoms with van der Waals surface area (Å²) in [4.78, 5) is 0. The van der Waals surface area contributed by atoms with E-state index in [2.05, 4.69) is 27.0 Å². The zero-order chi connectivity index (χ0) is 9.56. The largest absolute Gasteiger partial charge is 0.392 e. The first-order valence-corrected chi connectivity index (χ1v) is 4.64. The third kappa shape index (κ3) is 2.82. The normalized spacial score (nSPS) is 17.9. The Labute approximate surface area is 75.8 Å². The van der Waals surface area contributed by atoms with E-state index in [-0.39, 0.29) is 17.9 Å². The molecule has 0 rings (SSSR count). The van der Waals surface area contributed by atoms with Gasteiger partial charge in [-0.2, -0.15) is 0 Å². The molecule has 0 aromatic heterocycles. The van der Waals surface area contributed by atoms with Gasteiger partial charge in [0.15, 0.2) is 0 Å². The Morgan fingerprint density at radius 2 is 1.42 bits per heavy atom. The quantitative estimate of drug-likeness (QED) is 0.605. The van der Waals surface area contributed by atoms with E-state index in [1.165, 1.54) is 0 Å². The van der Waals surface area contributed by atoms with Crippen molar-refractivity contribution in [2.45, 2.75) is 32.8 Å². The first-order valence-electron chi connectivity index (χ1n) is 4.64. The van der Waals surface area contributed by atoms with E-state index >= 15 is 0 Å². The van der Waals surface area contributed by atoms with Crippen LogP contribution in [-0.4, -0.2) is 11.2 Å². The number of aliphatic hydroxyl groups excluding tert-OH is 1. The average Bonchev–Trinajstić information content (AvgIpc) is 2.09. The highest BCUT2D eigenvalue weighted by atomic mass is 16.3. The molecule has 1 heteroatoms. The Hall–Kier alpha value is -0.560. The van der Waals surface area contributed by atoms with Gasteiger partial charge in [-0.3, -0.25) is 0 Å². The molecular weight excluding hydrogens is 148 g/mol. The third-order valence-electron chi connectivity index (χ3n) is 2.43. The fourth-order valence-electron chi connectivity index (χ4n) is 1.41. The molecule has 0 aliphatic heterocycles. The first-order chi connectivity index (χ1) is 5.71. The number of aliphatic hydroxyl groups is 1. The van der Waals surface area contributed by atoms with Crippen LogP contribution in [0.25, 0.3) is 0 Å². The lowest BCUT2D eigenvalue weighted by molar-refractivity contribution is 0.0853. The zero-order valence-corrected chi connectivity index (χ0v) is 8.16. The molecule has 0 spiro atoms. The second kappa shape index (κ2) is 6.01. The van der Waals surface area contributed by atoms with Crippen molar-refractivity contribution in [1.82, 2.24) is 0 Å². The molecule has 2 atom stereocenters. The fourth-order valence-corrected chi connectivity index (χ4v) is 1.41. The van der Waals surface area contributed by atoms with Crippen molar-refractivity contribution >= 4 is 0 Å². The SMILES string of the molecule is C=CC(CC)C(O)C(C=C)CC. The van der Waals surface area contributed by atoms with Crippen LogP contribution in [0.3, 0.4) is 0 Å². The highest BCUT2D eigenvalue weighted by Gasteiger charge is 2.20. The summed E-state index contributed by atoms with van der Waals surface area (Å²) >= 11 is 0. The molecule has 0 saturated heterocycles. The summed E-state index contributed by atoms with van der Waals surface area (Å²) in [6.45, 7) is 11.5. The van der Waals surface area contributed by atoms with Crippen LogP contribution < -0.4 is 0 Å². The van der Waals surface area contributed by atoms with Crippen LogP contribution in [0, 0.1) is 11.8 Å². The second-order valence-corrected chi connectivity index (χ2v) is 3.11. The summed E-state index contributed by atoms with van der Waals surface area (Å²) < 4.78 is 0. The minimum Gasteiger partial charge on any atom is -0.392 e. The summed E-state index contributed by atoms with van der Waals surface area (Å²) in [7, 11) is 0. The van der Waals surface area contributed by atoms with Gasteiger partial charge in [0.2, 0.25) is 0 Å². The van der Waals surface area contributed by atoms with Gasteiger partial charge in [-0.15, -0.1) is 13.2 Å². The predicted molar refractivity (Wildman–Crippen MR) is 54.0 cm³/mol. The van der Waals surface area contributed by atoms with E-state index < -0.39 is 0 Å². The summed E-state index contributed by atoms with van der Waals surface area (Å²) in [5.74, 6) is 0.404. The van der Waals surface area contributed by atoms with Crippen molar-refractivity contribution in [2.75, 3.05) is 0 Å². The number of hydrogen-bond acceptors (Lipinski definition) is 1. The van der Waals surface area contributed by atoms with Gasteiger partial charge >= 0.3 is 0 Å². The van der Waals surface area contributed by atoms with Gasteiger partial charge in [-0.25, -0.2) is 0 Å². The molecule has 70 valence electrons. The van der Waals surface area contributed by atoms with Crippen LogP contribution in [0.15, 0.2) is 25.3 Å². The molecule has 0 aliphatic carbocycles. The maximum absolute atomic E-state index is 9.83. The van der Waals surface area contributed by atoms with E-state index in [9.17, 15) is 5.11 Å². The molecule has 1 nitrogen and oxygen atoms in total. The molecule has 0 aromatic rings. The van der Waals surface area contributed by atoms with Crippen LogP contribution in [0.1, 0.15) is 26.7 Å². The fraction of sp³-hybridized carbons (Fsp3) is 0.636. The molecule has 0 fully saturated rings. The Morgan fingerprint density at radius 3 is 1.58 bits per heavy atom. The Balaban J connectivity index is 4.20. The molecule has 0 heterocycles. The molecule has 12 heavy (non-hydrogen) atoms. The first kappa shape index (κ1) is 11.4. The van der Waals surface area contributed by atoms with Crippen molar-refractivity contribution in [3.05, 3.63) is 25.3 Å². The highest BCUT2D eigenvalue weighted by Crippen LogP contribution is 2.20. The monoisotopic (exact) mass is 168 g/mol. The van der Waals surface area contributed by atoms with Crippen molar-refractivity contribution in [3.63, 3.8) is 0 Å². The Kier molecular flexibility index (Phi) is 5.73. The Bertz CT molecular complexity index is 124. The molecule has 2 unspecified atom stereocenters. The lowest BCUT2D eigenvalue weighted by atomic mass is 9.87. The molecule has 0 amide bonds. The van der Waals surface area contributed by atoms with E-state index in [0.717, 1.165) is 12.8 Å². The number of hydrogen-bond donors (Lipinski definition) is 1. The molecule has 0 bridgehead atoms. The maximum atomic E-state index is 9.83. The van der Waals surface area contributed by atoms with Crippen molar-refractivity contribution in [1.29, 1.82) is 0 Å². The summed E-state index contributed by atoms with van der Waals surface area (Å²) in [6.07, 6.45) is 5.23. The zero-order valence-electron chi connectivity index (χ0n) is 8.16. The van der Waals surface area contributed by atoms with Crippen LogP contribution in [0.4, 0.5) is 0 Å². The maximum Gasteiger partial charge on any atom is 0.0664 e.